The number of fused-ring (bicyclic) bond motifs is 1. The zero-order valence-corrected chi connectivity index (χ0v) is 17.3. The molecule has 0 atom stereocenters. The number of nitrogens with zero attached hydrogens (tertiary/aromatic N) is 3. The first kappa shape index (κ1) is 20.8. The number of amides is 2. The van der Waals surface area contributed by atoms with Gasteiger partial charge in [0.1, 0.15) is 0 Å². The Hall–Kier alpha value is -2.90. The van der Waals surface area contributed by atoms with Crippen LogP contribution >= 0.6 is 23.2 Å². The minimum absolute atomic E-state index is 0.105. The summed E-state index contributed by atoms with van der Waals surface area (Å²) in [5.74, 6) is -0.951. The maximum absolute atomic E-state index is 13.0. The van der Waals surface area contributed by atoms with Crippen LogP contribution in [0.2, 0.25) is 10.0 Å². The molecule has 0 unspecified atom stereocenters. The summed E-state index contributed by atoms with van der Waals surface area (Å²) in [7, 11) is 1.48. The number of anilines is 1. The number of likely N-dealkylation sites (N-methyl/N-ethyl adjacent to an activating group) is 1. The van der Waals surface area contributed by atoms with Crippen molar-refractivity contribution in [1.82, 2.24) is 14.7 Å². The SMILES string of the molecule is CCn1nc(C(=O)N(C)CC(=O)Nc2c(Cl)cccc2Cl)c2ccccc2c1=O. The van der Waals surface area contributed by atoms with Gasteiger partial charge >= 0.3 is 0 Å². The first-order valence-electron chi connectivity index (χ1n) is 8.82. The number of halogens is 2. The van der Waals surface area contributed by atoms with Gasteiger partial charge in [-0.1, -0.05) is 47.5 Å². The Morgan fingerprint density at radius 2 is 1.69 bits per heavy atom. The first-order valence-corrected chi connectivity index (χ1v) is 9.58. The molecule has 0 fully saturated rings. The second kappa shape index (κ2) is 8.63. The first-order chi connectivity index (χ1) is 13.8. The number of rotatable bonds is 5. The summed E-state index contributed by atoms with van der Waals surface area (Å²) in [6, 6.07) is 11.6. The molecule has 0 aliphatic heterocycles. The molecule has 1 heterocycles. The van der Waals surface area contributed by atoms with Gasteiger partial charge in [0.15, 0.2) is 5.69 Å². The number of nitrogens with one attached hydrogen (secondary N) is 1. The highest BCUT2D eigenvalue weighted by Gasteiger charge is 2.22. The van der Waals surface area contributed by atoms with E-state index in [2.05, 4.69) is 10.4 Å². The monoisotopic (exact) mass is 432 g/mol. The predicted molar refractivity (Wildman–Crippen MR) is 114 cm³/mol. The number of carbonyl (C=O) groups is 2. The standard InChI is InChI=1S/C20H18Cl2N4O3/c1-3-26-19(28)13-8-5-4-7-12(13)17(24-26)20(29)25(2)11-16(27)23-18-14(21)9-6-10-15(18)22/h4-10H,3,11H2,1-2H3,(H,23,27). The summed E-state index contributed by atoms with van der Waals surface area (Å²) in [6.45, 7) is 1.84. The van der Waals surface area contributed by atoms with E-state index in [1.54, 1.807) is 49.4 Å². The molecule has 2 amide bonds. The average Bonchev–Trinajstić information content (AvgIpc) is 2.71. The summed E-state index contributed by atoms with van der Waals surface area (Å²) < 4.78 is 1.23. The lowest BCUT2D eigenvalue weighted by Crippen LogP contribution is -2.37. The number of hydrogen-bond acceptors (Lipinski definition) is 4. The predicted octanol–water partition coefficient (Wildman–Crippen LogP) is 3.43. The van der Waals surface area contributed by atoms with Crippen LogP contribution < -0.4 is 10.9 Å². The molecule has 150 valence electrons. The largest absolute Gasteiger partial charge is 0.331 e. The second-order valence-corrected chi connectivity index (χ2v) is 7.14. The fourth-order valence-corrected chi connectivity index (χ4v) is 3.36. The molecule has 3 rings (SSSR count). The van der Waals surface area contributed by atoms with Gasteiger partial charge in [-0.15, -0.1) is 0 Å². The Bertz CT molecular complexity index is 1140. The molecule has 0 aliphatic carbocycles. The average molecular weight is 433 g/mol. The summed E-state index contributed by atoms with van der Waals surface area (Å²) in [4.78, 5) is 39.0. The number of benzene rings is 2. The van der Waals surface area contributed by atoms with E-state index < -0.39 is 11.8 Å². The topological polar surface area (TPSA) is 84.3 Å². The lowest BCUT2D eigenvalue weighted by atomic mass is 10.1. The van der Waals surface area contributed by atoms with E-state index in [-0.39, 0.29) is 23.5 Å². The van der Waals surface area contributed by atoms with Crippen molar-refractivity contribution in [2.24, 2.45) is 0 Å². The normalized spacial score (nSPS) is 10.8. The van der Waals surface area contributed by atoms with Gasteiger partial charge in [0.2, 0.25) is 5.91 Å². The van der Waals surface area contributed by atoms with Crippen LogP contribution in [-0.4, -0.2) is 40.1 Å². The van der Waals surface area contributed by atoms with Crippen molar-refractivity contribution in [2.45, 2.75) is 13.5 Å². The highest BCUT2D eigenvalue weighted by atomic mass is 35.5. The van der Waals surface area contributed by atoms with Gasteiger partial charge in [-0.25, -0.2) is 4.68 Å². The van der Waals surface area contributed by atoms with Crippen molar-refractivity contribution >= 4 is 51.5 Å². The molecule has 3 aromatic rings. The van der Waals surface area contributed by atoms with Crippen LogP contribution in [0.5, 0.6) is 0 Å². The van der Waals surface area contributed by atoms with Gasteiger partial charge in [-0.2, -0.15) is 5.10 Å². The molecule has 7 nitrogen and oxygen atoms in total. The Labute approximate surface area is 176 Å². The van der Waals surface area contributed by atoms with Crippen molar-refractivity contribution in [3.63, 3.8) is 0 Å². The summed E-state index contributed by atoms with van der Waals surface area (Å²) in [5, 5.41) is 8.23. The van der Waals surface area contributed by atoms with Gasteiger partial charge in [0.05, 0.1) is 27.7 Å². The fraction of sp³-hybridized carbons (Fsp3) is 0.200. The van der Waals surface area contributed by atoms with E-state index in [1.165, 1.54) is 16.6 Å². The van der Waals surface area contributed by atoms with Crippen LogP contribution in [-0.2, 0) is 11.3 Å². The lowest BCUT2D eigenvalue weighted by Gasteiger charge is -2.18. The molecular weight excluding hydrogens is 415 g/mol. The van der Waals surface area contributed by atoms with Crippen molar-refractivity contribution in [2.75, 3.05) is 18.9 Å². The van der Waals surface area contributed by atoms with Gasteiger partial charge in [-0.3, -0.25) is 14.4 Å². The van der Waals surface area contributed by atoms with Crippen LogP contribution in [0.4, 0.5) is 5.69 Å². The molecule has 0 saturated carbocycles. The highest BCUT2D eigenvalue weighted by molar-refractivity contribution is 6.39. The third-order valence-corrected chi connectivity index (χ3v) is 4.95. The van der Waals surface area contributed by atoms with E-state index in [1.807, 2.05) is 0 Å². The number of para-hydroxylation sites is 1. The smallest absolute Gasteiger partial charge is 0.275 e. The quantitative estimate of drug-likeness (QED) is 0.668. The minimum atomic E-state index is -0.483. The Kier molecular flexibility index (Phi) is 6.20. The summed E-state index contributed by atoms with van der Waals surface area (Å²) in [5.41, 5.74) is 0.117. The van der Waals surface area contributed by atoms with E-state index in [0.29, 0.717) is 27.4 Å². The van der Waals surface area contributed by atoms with Crippen molar-refractivity contribution in [3.8, 4) is 0 Å². The van der Waals surface area contributed by atoms with Crippen molar-refractivity contribution < 1.29 is 9.59 Å². The number of carbonyl (C=O) groups excluding carboxylic acids is 2. The molecule has 1 N–H and O–H groups in total. The molecule has 2 aromatic carbocycles. The molecular formula is C20H18Cl2N4O3. The van der Waals surface area contributed by atoms with E-state index in [9.17, 15) is 14.4 Å². The van der Waals surface area contributed by atoms with Crippen molar-refractivity contribution in [3.05, 3.63) is 68.6 Å². The van der Waals surface area contributed by atoms with Crippen LogP contribution in [0.1, 0.15) is 17.4 Å². The zero-order chi connectivity index (χ0) is 21.1. The van der Waals surface area contributed by atoms with Gasteiger partial charge in [0.25, 0.3) is 11.5 Å². The van der Waals surface area contributed by atoms with E-state index in [4.69, 9.17) is 23.2 Å². The van der Waals surface area contributed by atoms with Crippen LogP contribution in [0, 0.1) is 0 Å². The van der Waals surface area contributed by atoms with Crippen LogP contribution in [0.3, 0.4) is 0 Å². The third kappa shape index (κ3) is 4.26. The van der Waals surface area contributed by atoms with Gasteiger partial charge in [0, 0.05) is 19.0 Å². The maximum Gasteiger partial charge on any atom is 0.275 e. The number of aryl methyl sites for hydroxylation is 1. The van der Waals surface area contributed by atoms with E-state index in [0.717, 1.165) is 0 Å². The number of hydrogen-bond donors (Lipinski definition) is 1. The molecule has 0 saturated heterocycles. The molecule has 0 aliphatic rings. The Morgan fingerprint density at radius 3 is 2.31 bits per heavy atom. The second-order valence-electron chi connectivity index (χ2n) is 6.32. The van der Waals surface area contributed by atoms with Gasteiger partial charge in [-0.05, 0) is 25.1 Å². The fourth-order valence-electron chi connectivity index (χ4n) is 2.87. The molecule has 0 bridgehead atoms. The molecule has 0 spiro atoms. The molecule has 9 heteroatoms. The maximum atomic E-state index is 13.0. The van der Waals surface area contributed by atoms with E-state index >= 15 is 0 Å². The highest BCUT2D eigenvalue weighted by Crippen LogP contribution is 2.29. The lowest BCUT2D eigenvalue weighted by molar-refractivity contribution is -0.116. The Morgan fingerprint density at radius 1 is 1.07 bits per heavy atom. The van der Waals surface area contributed by atoms with Crippen LogP contribution in [0.25, 0.3) is 10.8 Å². The Balaban J connectivity index is 1.86. The third-order valence-electron chi connectivity index (χ3n) is 4.32. The zero-order valence-electron chi connectivity index (χ0n) is 15.8. The molecule has 0 radical (unpaired) electrons. The van der Waals surface area contributed by atoms with Gasteiger partial charge < -0.3 is 10.2 Å². The van der Waals surface area contributed by atoms with Crippen molar-refractivity contribution in [1.29, 1.82) is 0 Å². The molecule has 29 heavy (non-hydrogen) atoms. The summed E-state index contributed by atoms with van der Waals surface area (Å²) >= 11 is 12.1. The van der Waals surface area contributed by atoms with Crippen LogP contribution in [0.15, 0.2) is 47.3 Å². The minimum Gasteiger partial charge on any atom is -0.331 e. The number of aromatic nitrogens is 2. The molecule has 1 aromatic heterocycles. The summed E-state index contributed by atoms with van der Waals surface area (Å²) in [6.07, 6.45) is 0.